The molecule has 0 heterocycles. The minimum Gasteiger partial charge on any atom is -0.508 e. The lowest BCUT2D eigenvalue weighted by Gasteiger charge is -2.22. The number of ether oxygens (including phenoxy) is 1. The molecule has 0 saturated heterocycles. The van der Waals surface area contributed by atoms with E-state index >= 15 is 0 Å². The molecule has 0 aliphatic carbocycles. The van der Waals surface area contributed by atoms with E-state index in [1.165, 1.54) is 0 Å². The number of benzene rings is 2. The average molecular weight is 490 g/mol. The van der Waals surface area contributed by atoms with Crippen LogP contribution in [0.25, 0.3) is 0 Å². The van der Waals surface area contributed by atoms with Crippen molar-refractivity contribution in [1.82, 2.24) is 10.2 Å². The van der Waals surface area contributed by atoms with Crippen molar-refractivity contribution in [1.29, 1.82) is 0 Å². The van der Waals surface area contributed by atoms with E-state index in [1.807, 2.05) is 48.3 Å². The predicted molar refractivity (Wildman–Crippen MR) is 118 cm³/mol. The zero-order valence-corrected chi connectivity index (χ0v) is 18.3. The smallest absolute Gasteiger partial charge is 0.193 e. The Kier molecular flexibility index (Phi) is 9.58. The van der Waals surface area contributed by atoms with Crippen molar-refractivity contribution in [2.24, 2.45) is 4.99 Å². The van der Waals surface area contributed by atoms with E-state index < -0.39 is 0 Å². The van der Waals surface area contributed by atoms with Gasteiger partial charge in [-0.3, -0.25) is 4.99 Å². The molecule has 26 heavy (non-hydrogen) atoms. The standard InChI is InChI=1S/C19H24ClN3O2.HI/c1-21-19(23(2)13-15-6-4-5-7-17(15)20)22-11-10-14-8-9-16(25-3)12-18(14)24;/h4-9,12,24H,10-11,13H2,1-3H3,(H,21,22);1H. The second kappa shape index (κ2) is 11.1. The van der Waals surface area contributed by atoms with Crippen LogP contribution in [0, 0.1) is 0 Å². The summed E-state index contributed by atoms with van der Waals surface area (Å²) in [5.74, 6) is 1.65. The highest BCUT2D eigenvalue weighted by atomic mass is 127. The summed E-state index contributed by atoms with van der Waals surface area (Å²) < 4.78 is 5.10. The number of guanidine groups is 1. The summed E-state index contributed by atoms with van der Waals surface area (Å²) in [7, 11) is 5.29. The van der Waals surface area contributed by atoms with E-state index in [-0.39, 0.29) is 29.7 Å². The van der Waals surface area contributed by atoms with Crippen molar-refractivity contribution >= 4 is 41.5 Å². The van der Waals surface area contributed by atoms with Gasteiger partial charge in [0.15, 0.2) is 5.96 Å². The maximum atomic E-state index is 10.0. The average Bonchev–Trinajstić information content (AvgIpc) is 2.61. The summed E-state index contributed by atoms with van der Waals surface area (Å²) in [5.41, 5.74) is 1.90. The van der Waals surface area contributed by atoms with Gasteiger partial charge in [-0.25, -0.2) is 0 Å². The van der Waals surface area contributed by atoms with E-state index in [1.54, 1.807) is 20.2 Å². The highest BCUT2D eigenvalue weighted by molar-refractivity contribution is 14.0. The molecule has 2 rings (SSSR count). The number of nitrogens with zero attached hydrogens (tertiary/aromatic N) is 2. The van der Waals surface area contributed by atoms with Gasteiger partial charge < -0.3 is 20.1 Å². The molecule has 0 aliphatic rings. The van der Waals surface area contributed by atoms with Crippen molar-refractivity contribution in [3.05, 3.63) is 58.6 Å². The molecule has 0 aliphatic heterocycles. The molecular weight excluding hydrogens is 465 g/mol. The van der Waals surface area contributed by atoms with Crippen LogP contribution in [-0.2, 0) is 13.0 Å². The van der Waals surface area contributed by atoms with Crippen LogP contribution in [0.15, 0.2) is 47.5 Å². The Labute approximate surface area is 177 Å². The number of aliphatic imine (C=N–C) groups is 1. The Bertz CT molecular complexity index is 740. The highest BCUT2D eigenvalue weighted by Crippen LogP contribution is 2.23. The van der Waals surface area contributed by atoms with Gasteiger partial charge in [0, 0.05) is 38.3 Å². The Morgan fingerprint density at radius 1 is 1.23 bits per heavy atom. The molecule has 5 nitrogen and oxygen atoms in total. The molecule has 0 atom stereocenters. The fourth-order valence-electron chi connectivity index (χ4n) is 2.53. The zero-order chi connectivity index (χ0) is 18.2. The maximum Gasteiger partial charge on any atom is 0.193 e. The first-order valence-electron chi connectivity index (χ1n) is 8.06. The Morgan fingerprint density at radius 3 is 2.58 bits per heavy atom. The minimum absolute atomic E-state index is 0. The first kappa shape index (κ1) is 22.4. The summed E-state index contributed by atoms with van der Waals surface area (Å²) in [6.45, 7) is 1.31. The van der Waals surface area contributed by atoms with E-state index in [2.05, 4.69) is 10.3 Å². The quantitative estimate of drug-likeness (QED) is 0.367. The van der Waals surface area contributed by atoms with Crippen LogP contribution in [0.5, 0.6) is 11.5 Å². The lowest BCUT2D eigenvalue weighted by Crippen LogP contribution is -2.39. The van der Waals surface area contributed by atoms with Crippen LogP contribution in [0.2, 0.25) is 5.02 Å². The van der Waals surface area contributed by atoms with Gasteiger partial charge in [-0.1, -0.05) is 35.9 Å². The summed E-state index contributed by atoms with van der Waals surface area (Å²) in [5, 5.41) is 14.1. The second-order valence-electron chi connectivity index (χ2n) is 5.67. The third-order valence-corrected chi connectivity index (χ3v) is 4.28. The maximum absolute atomic E-state index is 10.0. The molecule has 2 N–H and O–H groups in total. The van der Waals surface area contributed by atoms with Gasteiger partial charge in [0.2, 0.25) is 0 Å². The van der Waals surface area contributed by atoms with Gasteiger partial charge >= 0.3 is 0 Å². The first-order chi connectivity index (χ1) is 12.0. The highest BCUT2D eigenvalue weighted by Gasteiger charge is 2.09. The van der Waals surface area contributed by atoms with Gasteiger partial charge in [-0.05, 0) is 29.7 Å². The SMILES string of the molecule is CN=C(NCCc1ccc(OC)cc1O)N(C)Cc1ccccc1Cl.I. The van der Waals surface area contributed by atoms with Crippen molar-refractivity contribution in [3.8, 4) is 11.5 Å². The first-order valence-corrected chi connectivity index (χ1v) is 8.44. The molecule has 142 valence electrons. The number of phenols is 1. The monoisotopic (exact) mass is 489 g/mol. The zero-order valence-electron chi connectivity index (χ0n) is 15.2. The third kappa shape index (κ3) is 6.25. The van der Waals surface area contributed by atoms with Gasteiger partial charge in [0.1, 0.15) is 11.5 Å². The molecule has 0 spiro atoms. The van der Waals surface area contributed by atoms with Crippen molar-refractivity contribution in [2.45, 2.75) is 13.0 Å². The number of hydrogen-bond donors (Lipinski definition) is 2. The minimum atomic E-state index is 0. The molecule has 0 amide bonds. The lowest BCUT2D eigenvalue weighted by atomic mass is 10.1. The molecule has 0 fully saturated rings. The fourth-order valence-corrected chi connectivity index (χ4v) is 2.73. The second-order valence-corrected chi connectivity index (χ2v) is 6.07. The number of rotatable bonds is 6. The largest absolute Gasteiger partial charge is 0.508 e. The van der Waals surface area contributed by atoms with Gasteiger partial charge in [-0.15, -0.1) is 24.0 Å². The van der Waals surface area contributed by atoms with E-state index in [0.717, 1.165) is 22.1 Å². The summed E-state index contributed by atoms with van der Waals surface area (Å²) in [6, 6.07) is 13.1. The number of hydrogen-bond acceptors (Lipinski definition) is 3. The fraction of sp³-hybridized carbons (Fsp3) is 0.316. The normalized spacial score (nSPS) is 10.8. The number of phenolic OH excluding ortho intramolecular Hbond substituents is 1. The van der Waals surface area contributed by atoms with E-state index in [4.69, 9.17) is 16.3 Å². The van der Waals surface area contributed by atoms with Crippen molar-refractivity contribution in [3.63, 3.8) is 0 Å². The Hall–Kier alpha value is -1.67. The summed E-state index contributed by atoms with van der Waals surface area (Å²) in [4.78, 5) is 6.31. The molecule has 0 saturated carbocycles. The lowest BCUT2D eigenvalue weighted by molar-refractivity contribution is 0.406. The molecule has 7 heteroatoms. The number of nitrogens with one attached hydrogen (secondary N) is 1. The van der Waals surface area contributed by atoms with Crippen LogP contribution in [0.1, 0.15) is 11.1 Å². The van der Waals surface area contributed by atoms with E-state index in [0.29, 0.717) is 25.3 Å². The van der Waals surface area contributed by atoms with Crippen LogP contribution in [0.4, 0.5) is 0 Å². The molecular formula is C19H25ClIN3O2. The van der Waals surface area contributed by atoms with Gasteiger partial charge in [-0.2, -0.15) is 0 Å². The Morgan fingerprint density at radius 2 is 1.96 bits per heavy atom. The van der Waals surface area contributed by atoms with E-state index in [9.17, 15) is 5.11 Å². The van der Waals surface area contributed by atoms with Crippen LogP contribution in [0.3, 0.4) is 0 Å². The van der Waals surface area contributed by atoms with Crippen LogP contribution < -0.4 is 10.1 Å². The third-order valence-electron chi connectivity index (χ3n) is 3.91. The van der Waals surface area contributed by atoms with Crippen molar-refractivity contribution < 1.29 is 9.84 Å². The topological polar surface area (TPSA) is 57.1 Å². The summed E-state index contributed by atoms with van der Waals surface area (Å²) >= 11 is 6.22. The van der Waals surface area contributed by atoms with Gasteiger partial charge in [0.25, 0.3) is 0 Å². The Balaban J connectivity index is 0.00000338. The predicted octanol–water partition coefficient (Wildman–Crippen LogP) is 3.92. The number of aromatic hydroxyl groups is 1. The molecule has 0 aromatic heterocycles. The van der Waals surface area contributed by atoms with Crippen molar-refractivity contribution in [2.75, 3.05) is 27.7 Å². The number of halogens is 2. The molecule has 0 unspecified atom stereocenters. The molecule has 0 radical (unpaired) electrons. The molecule has 2 aromatic rings. The molecule has 0 bridgehead atoms. The summed E-state index contributed by atoms with van der Waals surface area (Å²) in [6.07, 6.45) is 0.675. The van der Waals surface area contributed by atoms with Gasteiger partial charge in [0.05, 0.1) is 7.11 Å². The number of methoxy groups -OCH3 is 1. The van der Waals surface area contributed by atoms with Crippen LogP contribution >= 0.6 is 35.6 Å². The molecule has 2 aromatic carbocycles. The van der Waals surface area contributed by atoms with Crippen LogP contribution in [-0.4, -0.2) is 43.7 Å².